The van der Waals surface area contributed by atoms with Crippen molar-refractivity contribution in [1.29, 1.82) is 0 Å². The quantitative estimate of drug-likeness (QED) is 0.155. The molecular weight excluding hydrogens is 438 g/mol. The Kier molecular flexibility index (Phi) is 7.94. The van der Waals surface area contributed by atoms with Gasteiger partial charge < -0.3 is 54.7 Å². The minimum absolute atomic E-state index is 0.251. The number of hydrogen-bond donors (Lipinski definition) is 7. The molecule has 32 heavy (non-hydrogen) atoms. The fraction of sp³-hybridized carbons (Fsp3) is 0.667. The van der Waals surface area contributed by atoms with Crippen LogP contribution in [0.3, 0.4) is 0 Å². The average molecular weight is 463 g/mol. The molecule has 1 aromatic carbocycles. The highest BCUT2D eigenvalue weighted by Gasteiger charge is 2.51. The number of nitro benzene ring substituents is 1. The Labute approximate surface area is 180 Å². The van der Waals surface area contributed by atoms with E-state index < -0.39 is 85.2 Å². The first-order chi connectivity index (χ1) is 15.2. The predicted molar refractivity (Wildman–Crippen MR) is 100 cm³/mol. The molecule has 0 aliphatic carbocycles. The maximum atomic E-state index is 11.2. The minimum atomic E-state index is -1.81. The molecule has 0 unspecified atom stereocenters. The lowest BCUT2D eigenvalue weighted by Crippen LogP contribution is -2.65. The van der Waals surface area contributed by atoms with Crippen molar-refractivity contribution in [1.82, 2.24) is 0 Å². The fourth-order valence-electron chi connectivity index (χ4n) is 3.49. The molecule has 2 aliphatic heterocycles. The van der Waals surface area contributed by atoms with Gasteiger partial charge in [0.15, 0.2) is 12.0 Å². The van der Waals surface area contributed by atoms with Crippen LogP contribution in [0.15, 0.2) is 24.3 Å². The van der Waals surface area contributed by atoms with Gasteiger partial charge in [0.1, 0.15) is 48.8 Å². The topological polar surface area (TPSA) is 222 Å². The van der Waals surface area contributed by atoms with E-state index in [2.05, 4.69) is 0 Å². The molecule has 0 aromatic heterocycles. The zero-order valence-electron chi connectivity index (χ0n) is 16.5. The Morgan fingerprint density at radius 3 is 2.06 bits per heavy atom. The van der Waals surface area contributed by atoms with Crippen LogP contribution in [-0.2, 0) is 14.2 Å². The van der Waals surface area contributed by atoms with Gasteiger partial charge >= 0.3 is 5.69 Å². The normalized spacial score (nSPS) is 40.1. The third-order valence-electron chi connectivity index (χ3n) is 5.27. The third kappa shape index (κ3) is 4.84. The first-order valence-corrected chi connectivity index (χ1v) is 9.68. The first-order valence-electron chi connectivity index (χ1n) is 9.68. The lowest BCUT2D eigenvalue weighted by molar-refractivity contribution is -0.387. The van der Waals surface area contributed by atoms with Crippen molar-refractivity contribution < 1.29 is 59.6 Å². The molecular formula is C18H25NO13. The van der Waals surface area contributed by atoms with Gasteiger partial charge in [-0.2, -0.15) is 0 Å². The molecule has 0 amide bonds. The Morgan fingerprint density at radius 1 is 0.844 bits per heavy atom. The van der Waals surface area contributed by atoms with Gasteiger partial charge in [-0.3, -0.25) is 10.1 Å². The number of para-hydroxylation sites is 2. The smallest absolute Gasteiger partial charge is 0.311 e. The van der Waals surface area contributed by atoms with Gasteiger partial charge in [0, 0.05) is 6.07 Å². The van der Waals surface area contributed by atoms with Crippen molar-refractivity contribution in [3.8, 4) is 5.75 Å². The second-order valence-electron chi connectivity index (χ2n) is 7.35. The van der Waals surface area contributed by atoms with Crippen LogP contribution in [-0.4, -0.2) is 115 Å². The molecule has 14 nitrogen and oxygen atoms in total. The van der Waals surface area contributed by atoms with Crippen molar-refractivity contribution in [2.75, 3.05) is 13.2 Å². The van der Waals surface area contributed by atoms with Gasteiger partial charge in [-0.15, -0.1) is 0 Å². The molecule has 0 radical (unpaired) electrons. The van der Waals surface area contributed by atoms with E-state index >= 15 is 0 Å². The van der Waals surface area contributed by atoms with E-state index in [0.717, 1.165) is 6.07 Å². The number of aliphatic hydroxyl groups excluding tert-OH is 7. The second-order valence-corrected chi connectivity index (χ2v) is 7.35. The molecule has 14 heteroatoms. The average Bonchev–Trinajstić information content (AvgIpc) is 2.78. The van der Waals surface area contributed by atoms with E-state index in [9.17, 15) is 45.9 Å². The van der Waals surface area contributed by atoms with Crippen LogP contribution in [0.4, 0.5) is 5.69 Å². The number of hydrogen-bond acceptors (Lipinski definition) is 13. The van der Waals surface area contributed by atoms with Crippen LogP contribution in [0.25, 0.3) is 0 Å². The van der Waals surface area contributed by atoms with Gasteiger partial charge in [0.2, 0.25) is 6.29 Å². The Morgan fingerprint density at radius 2 is 1.44 bits per heavy atom. The van der Waals surface area contributed by atoms with Crippen LogP contribution in [0.2, 0.25) is 0 Å². The number of benzene rings is 1. The van der Waals surface area contributed by atoms with E-state index in [1.54, 1.807) is 0 Å². The van der Waals surface area contributed by atoms with E-state index in [0.29, 0.717) is 0 Å². The van der Waals surface area contributed by atoms with Gasteiger partial charge in [0.25, 0.3) is 0 Å². The number of aliphatic hydroxyl groups is 7. The molecule has 0 saturated carbocycles. The summed E-state index contributed by atoms with van der Waals surface area (Å²) in [5.74, 6) is -0.251. The first kappa shape index (κ1) is 24.7. The molecule has 0 spiro atoms. The molecule has 2 saturated heterocycles. The van der Waals surface area contributed by atoms with E-state index in [1.807, 2.05) is 0 Å². The summed E-state index contributed by atoms with van der Waals surface area (Å²) in [6.07, 6.45) is -16.2. The number of nitro groups is 1. The molecule has 10 atom stereocenters. The Bertz CT molecular complexity index is 777. The monoisotopic (exact) mass is 463 g/mol. The summed E-state index contributed by atoms with van der Waals surface area (Å²) in [4.78, 5) is 10.4. The van der Waals surface area contributed by atoms with Gasteiger partial charge in [-0.25, -0.2) is 0 Å². The highest BCUT2D eigenvalue weighted by atomic mass is 16.7. The number of ether oxygens (including phenoxy) is 4. The summed E-state index contributed by atoms with van der Waals surface area (Å²) in [6.45, 7) is -1.48. The van der Waals surface area contributed by atoms with Crippen LogP contribution in [0.5, 0.6) is 5.75 Å². The molecule has 7 N–H and O–H groups in total. The highest BCUT2D eigenvalue weighted by molar-refractivity contribution is 5.45. The lowest BCUT2D eigenvalue weighted by Gasteiger charge is -2.45. The van der Waals surface area contributed by atoms with Crippen molar-refractivity contribution in [3.05, 3.63) is 34.4 Å². The zero-order valence-corrected chi connectivity index (χ0v) is 16.5. The van der Waals surface area contributed by atoms with E-state index in [4.69, 9.17) is 18.9 Å². The Balaban J connectivity index is 1.75. The van der Waals surface area contributed by atoms with E-state index in [1.165, 1.54) is 18.2 Å². The third-order valence-corrected chi connectivity index (χ3v) is 5.27. The fourth-order valence-corrected chi connectivity index (χ4v) is 3.49. The van der Waals surface area contributed by atoms with Crippen molar-refractivity contribution in [3.63, 3.8) is 0 Å². The predicted octanol–water partition coefficient (Wildman–Crippen LogP) is -3.40. The summed E-state index contributed by atoms with van der Waals surface area (Å²) in [5.41, 5.74) is -0.418. The van der Waals surface area contributed by atoms with Crippen LogP contribution in [0.1, 0.15) is 0 Å². The summed E-state index contributed by atoms with van der Waals surface area (Å²) in [6, 6.07) is 5.27. The standard InChI is InChI=1S/C18H25NO13/c20-5-9-11(22)12(23)14(25)18(30-9)32-16-10(6-21)31-17(15(26)13(16)24)29-8-4-2-1-3-7(8)19(27)28/h1-4,9-18,20-26H,5-6H2/t9-,10+,11+,12-,13+,14+,15+,16+,17+,18+/m1/s1. The highest BCUT2D eigenvalue weighted by Crippen LogP contribution is 2.33. The van der Waals surface area contributed by atoms with Crippen molar-refractivity contribution in [2.45, 2.75) is 61.4 Å². The SMILES string of the molecule is O=[N+]([O-])c1ccccc1O[C@H]1O[C@@H](CO)[C@H](O[C@@H]2O[C@H](CO)[C@H](O)[C@@H](O)[C@@H]2O)[C@@H](O)[C@@H]1O. The summed E-state index contributed by atoms with van der Waals surface area (Å²) in [7, 11) is 0. The Hall–Kier alpha value is -1.98. The molecule has 2 aliphatic rings. The van der Waals surface area contributed by atoms with Gasteiger partial charge in [-0.05, 0) is 6.07 Å². The largest absolute Gasteiger partial charge is 0.455 e. The van der Waals surface area contributed by atoms with Crippen LogP contribution >= 0.6 is 0 Å². The van der Waals surface area contributed by atoms with Crippen molar-refractivity contribution >= 4 is 5.69 Å². The van der Waals surface area contributed by atoms with Crippen LogP contribution in [0, 0.1) is 10.1 Å². The maximum Gasteiger partial charge on any atom is 0.311 e. The minimum Gasteiger partial charge on any atom is -0.455 e. The summed E-state index contributed by atoms with van der Waals surface area (Å²) < 4.78 is 21.4. The molecule has 0 bridgehead atoms. The number of rotatable bonds is 7. The molecule has 3 rings (SSSR count). The maximum absolute atomic E-state index is 11.2. The molecule has 180 valence electrons. The summed E-state index contributed by atoms with van der Waals surface area (Å²) in [5, 5.41) is 80.9. The second kappa shape index (κ2) is 10.3. The van der Waals surface area contributed by atoms with Crippen LogP contribution < -0.4 is 4.74 Å². The van der Waals surface area contributed by atoms with E-state index in [-0.39, 0.29) is 5.75 Å². The van der Waals surface area contributed by atoms with Crippen molar-refractivity contribution in [2.24, 2.45) is 0 Å². The molecule has 2 fully saturated rings. The molecule has 1 aromatic rings. The lowest BCUT2D eigenvalue weighted by atomic mass is 9.97. The number of nitrogens with zero attached hydrogens (tertiary/aromatic N) is 1. The summed E-state index contributed by atoms with van der Waals surface area (Å²) >= 11 is 0. The van der Waals surface area contributed by atoms with Gasteiger partial charge in [0.05, 0.1) is 18.1 Å². The van der Waals surface area contributed by atoms with Gasteiger partial charge in [-0.1, -0.05) is 12.1 Å². The molecule has 2 heterocycles. The zero-order chi connectivity index (χ0) is 23.6.